The van der Waals surface area contributed by atoms with E-state index in [1.165, 1.54) is 27.7 Å². The van der Waals surface area contributed by atoms with Gasteiger partial charge in [-0.05, 0) is 30.3 Å². The van der Waals surface area contributed by atoms with E-state index >= 15 is 0 Å². The van der Waals surface area contributed by atoms with Gasteiger partial charge in [-0.3, -0.25) is 14.2 Å². The molecular weight excluding hydrogens is 381 g/mol. The number of ether oxygens (including phenoxy) is 1. The molecule has 2 heterocycles. The molecule has 8 nitrogen and oxygen atoms in total. The number of rotatable bonds is 5. The maximum absolute atomic E-state index is 13.5. The van der Waals surface area contributed by atoms with E-state index in [9.17, 15) is 18.8 Å². The number of carbonyl (C=O) groups is 2. The summed E-state index contributed by atoms with van der Waals surface area (Å²) in [4.78, 5) is 37.9. The minimum atomic E-state index is -0.611. The second-order valence-corrected chi connectivity index (χ2v) is 6.63. The van der Waals surface area contributed by atoms with Crippen molar-refractivity contribution in [3.05, 3.63) is 64.4 Å². The highest BCUT2D eigenvalue weighted by molar-refractivity contribution is 5.80. The maximum atomic E-state index is 13.5. The van der Waals surface area contributed by atoms with Crippen LogP contribution in [0, 0.1) is 5.82 Å². The Kier molecular flexibility index (Phi) is 5.03. The first kappa shape index (κ1) is 18.7. The normalized spacial score (nSPS) is 13.7. The molecule has 4 rings (SSSR count). The number of amides is 2. The lowest BCUT2D eigenvalue weighted by molar-refractivity contribution is -0.133. The average molecular weight is 399 g/mol. The molecule has 1 aliphatic heterocycles. The molecule has 0 fully saturated rings. The molecule has 1 N–H and O–H groups in total. The van der Waals surface area contributed by atoms with E-state index in [0.717, 1.165) is 0 Å². The van der Waals surface area contributed by atoms with Gasteiger partial charge in [0.2, 0.25) is 5.91 Å². The van der Waals surface area contributed by atoms with Gasteiger partial charge < -0.3 is 19.4 Å². The van der Waals surface area contributed by atoms with Gasteiger partial charge in [-0.1, -0.05) is 12.1 Å². The Morgan fingerprint density at radius 3 is 2.86 bits per heavy atom. The highest BCUT2D eigenvalue weighted by Crippen LogP contribution is 2.24. The molecule has 9 heteroatoms. The summed E-state index contributed by atoms with van der Waals surface area (Å²) in [5.41, 5.74) is 1.51. The zero-order chi connectivity index (χ0) is 20.4. The third-order valence-electron chi connectivity index (χ3n) is 4.67. The third kappa shape index (κ3) is 3.98. The van der Waals surface area contributed by atoms with Crippen LogP contribution in [0.25, 0.3) is 11.1 Å². The lowest BCUT2D eigenvalue weighted by Crippen LogP contribution is -2.40. The Hall–Kier alpha value is -3.62. The van der Waals surface area contributed by atoms with Crippen LogP contribution in [0.5, 0.6) is 5.75 Å². The van der Waals surface area contributed by atoms with Crippen molar-refractivity contribution in [3.8, 4) is 5.75 Å². The fraction of sp³-hybridized carbons (Fsp3) is 0.250. The largest absolute Gasteiger partial charge is 0.483 e. The van der Waals surface area contributed by atoms with Crippen LogP contribution < -0.4 is 15.8 Å². The maximum Gasteiger partial charge on any atom is 0.420 e. The average Bonchev–Trinajstić information content (AvgIpc) is 2.92. The highest BCUT2D eigenvalue weighted by atomic mass is 19.1. The predicted molar refractivity (Wildman–Crippen MR) is 101 cm³/mol. The van der Waals surface area contributed by atoms with Crippen molar-refractivity contribution in [2.75, 3.05) is 19.7 Å². The summed E-state index contributed by atoms with van der Waals surface area (Å²) in [7, 11) is 0. The van der Waals surface area contributed by atoms with Gasteiger partial charge in [-0.15, -0.1) is 0 Å². The van der Waals surface area contributed by atoms with Crippen molar-refractivity contribution in [1.82, 2.24) is 14.8 Å². The molecule has 0 bridgehead atoms. The first-order valence-electron chi connectivity index (χ1n) is 9.05. The van der Waals surface area contributed by atoms with Crippen LogP contribution in [0.3, 0.4) is 0 Å². The summed E-state index contributed by atoms with van der Waals surface area (Å²) in [6, 6.07) is 10.9. The van der Waals surface area contributed by atoms with Crippen LogP contribution in [0.15, 0.2) is 51.7 Å². The molecule has 0 unspecified atom stereocenters. The number of hydrogen-bond donors (Lipinski definition) is 1. The van der Waals surface area contributed by atoms with Gasteiger partial charge in [0.05, 0.1) is 5.52 Å². The van der Waals surface area contributed by atoms with Crippen molar-refractivity contribution < 1.29 is 23.1 Å². The second kappa shape index (κ2) is 7.78. The van der Waals surface area contributed by atoms with Gasteiger partial charge >= 0.3 is 5.76 Å². The number of halogens is 1. The molecule has 0 saturated carbocycles. The van der Waals surface area contributed by atoms with E-state index in [4.69, 9.17) is 9.15 Å². The van der Waals surface area contributed by atoms with E-state index in [0.29, 0.717) is 22.4 Å². The Balaban J connectivity index is 1.36. The van der Waals surface area contributed by atoms with Crippen molar-refractivity contribution in [2.45, 2.75) is 13.1 Å². The summed E-state index contributed by atoms with van der Waals surface area (Å²) in [5, 5.41) is 2.69. The lowest BCUT2D eigenvalue weighted by atomic mass is 10.2. The first-order valence-corrected chi connectivity index (χ1v) is 9.05. The Morgan fingerprint density at radius 1 is 1.17 bits per heavy atom. The number of oxazole rings is 1. The molecule has 1 aliphatic rings. The molecule has 150 valence electrons. The zero-order valence-electron chi connectivity index (χ0n) is 15.4. The molecular formula is C20H18FN3O5. The predicted octanol–water partition coefficient (Wildman–Crippen LogP) is 1.27. The second-order valence-electron chi connectivity index (χ2n) is 6.63. The Labute approximate surface area is 164 Å². The number of carbonyl (C=O) groups excluding carboxylic acids is 2. The summed E-state index contributed by atoms with van der Waals surface area (Å²) in [6.07, 6.45) is 0. The quantitative estimate of drug-likeness (QED) is 0.698. The number of hydrogen-bond acceptors (Lipinski definition) is 5. The van der Waals surface area contributed by atoms with Gasteiger partial charge in [0.25, 0.3) is 5.91 Å². The summed E-state index contributed by atoms with van der Waals surface area (Å²) in [6.45, 7) is 0.252. The number of nitrogens with one attached hydrogen (secondary N) is 1. The smallest absolute Gasteiger partial charge is 0.420 e. The monoisotopic (exact) mass is 399 g/mol. The number of benzene rings is 2. The molecule has 29 heavy (non-hydrogen) atoms. The van der Waals surface area contributed by atoms with Crippen LogP contribution >= 0.6 is 0 Å². The molecule has 0 spiro atoms. The first-order chi connectivity index (χ1) is 14.0. The van der Waals surface area contributed by atoms with Crippen LogP contribution in [0.2, 0.25) is 0 Å². The number of para-hydroxylation sites is 2. The number of aromatic nitrogens is 1. The van der Waals surface area contributed by atoms with Crippen LogP contribution in [0.1, 0.15) is 5.56 Å². The number of nitrogens with zero attached hydrogens (tertiary/aromatic N) is 2. The van der Waals surface area contributed by atoms with E-state index in [-0.39, 0.29) is 44.6 Å². The molecule has 0 atom stereocenters. The molecule has 2 amide bonds. The Bertz CT molecular complexity index is 1140. The SMILES string of the molecule is O=C(Cn1c(=O)oc2ccccc21)NCCN1Cc2cc(F)ccc2OCC1=O. The van der Waals surface area contributed by atoms with E-state index in [1.54, 1.807) is 24.3 Å². The topological polar surface area (TPSA) is 93.8 Å². The van der Waals surface area contributed by atoms with Gasteiger partial charge in [0.15, 0.2) is 12.2 Å². The third-order valence-corrected chi connectivity index (χ3v) is 4.67. The standard InChI is InChI=1S/C20H18FN3O5/c21-14-5-6-16-13(9-14)10-23(19(26)12-28-16)8-7-22-18(25)11-24-15-3-1-2-4-17(15)29-20(24)27/h1-6,9H,7-8,10-12H2,(H,22,25). The zero-order valence-corrected chi connectivity index (χ0v) is 15.4. The minimum Gasteiger partial charge on any atom is -0.483 e. The molecule has 0 aliphatic carbocycles. The van der Waals surface area contributed by atoms with E-state index in [2.05, 4.69) is 5.32 Å². The van der Waals surface area contributed by atoms with E-state index in [1.807, 2.05) is 0 Å². The fourth-order valence-corrected chi connectivity index (χ4v) is 3.23. The van der Waals surface area contributed by atoms with Gasteiger partial charge in [0.1, 0.15) is 18.1 Å². The molecule has 2 aromatic carbocycles. The van der Waals surface area contributed by atoms with E-state index < -0.39 is 11.6 Å². The van der Waals surface area contributed by atoms with Crippen LogP contribution in [-0.2, 0) is 22.7 Å². The lowest BCUT2D eigenvalue weighted by Gasteiger charge is -2.20. The van der Waals surface area contributed by atoms with Crippen LogP contribution in [-0.4, -0.2) is 41.0 Å². The highest BCUT2D eigenvalue weighted by Gasteiger charge is 2.22. The minimum absolute atomic E-state index is 0.150. The van der Waals surface area contributed by atoms with Gasteiger partial charge in [0, 0.05) is 25.2 Å². The summed E-state index contributed by atoms with van der Waals surface area (Å²) < 4.78 is 25.2. The number of fused-ring (bicyclic) bond motifs is 2. The summed E-state index contributed by atoms with van der Waals surface area (Å²) in [5.74, 6) is -1.19. The van der Waals surface area contributed by atoms with Gasteiger partial charge in [-0.25, -0.2) is 9.18 Å². The molecule has 0 saturated heterocycles. The van der Waals surface area contributed by atoms with Crippen LogP contribution in [0.4, 0.5) is 4.39 Å². The van der Waals surface area contributed by atoms with Gasteiger partial charge in [-0.2, -0.15) is 0 Å². The summed E-state index contributed by atoms with van der Waals surface area (Å²) >= 11 is 0. The molecule has 0 radical (unpaired) electrons. The Morgan fingerprint density at radius 2 is 2.00 bits per heavy atom. The van der Waals surface area contributed by atoms with Crippen molar-refractivity contribution in [2.24, 2.45) is 0 Å². The van der Waals surface area contributed by atoms with Crippen molar-refractivity contribution in [3.63, 3.8) is 0 Å². The van der Waals surface area contributed by atoms with Crippen molar-refractivity contribution >= 4 is 22.9 Å². The molecule has 3 aromatic rings. The van der Waals surface area contributed by atoms with Crippen molar-refractivity contribution in [1.29, 1.82) is 0 Å². The fourth-order valence-electron chi connectivity index (χ4n) is 3.23. The molecule has 1 aromatic heterocycles.